The average molecular weight is 432 g/mol. The highest BCUT2D eigenvalue weighted by Crippen LogP contribution is 2.37. The molecule has 3 aliphatic heterocycles. The summed E-state index contributed by atoms with van der Waals surface area (Å²) in [6.45, 7) is 2.67. The molecule has 1 spiro atoms. The Balaban J connectivity index is 0.000000318. The van der Waals surface area contributed by atoms with Crippen molar-refractivity contribution >= 4 is 11.9 Å². The van der Waals surface area contributed by atoms with Crippen LogP contribution >= 0.6 is 0 Å². The molecular formula is C19H23F3N2O6. The third-order valence-electron chi connectivity index (χ3n) is 5.19. The number of pyridine rings is 1. The summed E-state index contributed by atoms with van der Waals surface area (Å²) in [6, 6.07) is 3.76. The van der Waals surface area contributed by atoms with Crippen molar-refractivity contribution in [2.24, 2.45) is 0 Å². The molecule has 3 fully saturated rings. The zero-order chi connectivity index (χ0) is 21.8. The SMILES string of the molecule is O=C(O)C(F)(F)F.O=C([C@H]1CCCO1)N1CCC2(CC(Oc3cccnc3)CO2)C1. The van der Waals surface area contributed by atoms with Crippen LogP contribution in [0.3, 0.4) is 0 Å². The molecule has 0 bridgehead atoms. The number of carbonyl (C=O) groups is 2. The number of aromatic nitrogens is 1. The van der Waals surface area contributed by atoms with Gasteiger partial charge in [0, 0.05) is 32.3 Å². The van der Waals surface area contributed by atoms with Crippen molar-refractivity contribution in [1.29, 1.82) is 0 Å². The molecule has 11 heteroatoms. The fourth-order valence-electron chi connectivity index (χ4n) is 3.78. The molecule has 3 atom stereocenters. The summed E-state index contributed by atoms with van der Waals surface area (Å²) in [4.78, 5) is 27.3. The number of alkyl halides is 3. The molecule has 1 aromatic heterocycles. The van der Waals surface area contributed by atoms with Gasteiger partial charge in [0.25, 0.3) is 5.91 Å². The van der Waals surface area contributed by atoms with E-state index in [1.165, 1.54) is 0 Å². The molecule has 30 heavy (non-hydrogen) atoms. The number of hydrogen-bond acceptors (Lipinski definition) is 6. The van der Waals surface area contributed by atoms with Crippen LogP contribution in [0.4, 0.5) is 13.2 Å². The van der Waals surface area contributed by atoms with Crippen LogP contribution in [-0.2, 0) is 19.1 Å². The number of aliphatic carboxylic acids is 1. The van der Waals surface area contributed by atoms with Crippen LogP contribution in [0.1, 0.15) is 25.7 Å². The van der Waals surface area contributed by atoms with Crippen molar-refractivity contribution in [3.63, 3.8) is 0 Å². The molecule has 1 N–H and O–H groups in total. The van der Waals surface area contributed by atoms with Gasteiger partial charge in [-0.1, -0.05) is 0 Å². The summed E-state index contributed by atoms with van der Waals surface area (Å²) < 4.78 is 49.2. The molecule has 0 aliphatic carbocycles. The number of halogens is 3. The first kappa shape index (κ1) is 22.3. The molecule has 3 saturated heterocycles. The van der Waals surface area contributed by atoms with Gasteiger partial charge in [-0.15, -0.1) is 0 Å². The second-order valence-corrected chi connectivity index (χ2v) is 7.44. The molecule has 3 aliphatic rings. The van der Waals surface area contributed by atoms with Crippen LogP contribution in [0.15, 0.2) is 24.5 Å². The van der Waals surface area contributed by atoms with E-state index in [0.717, 1.165) is 38.0 Å². The first-order chi connectivity index (χ1) is 14.2. The van der Waals surface area contributed by atoms with E-state index in [1.54, 1.807) is 12.4 Å². The van der Waals surface area contributed by atoms with Gasteiger partial charge >= 0.3 is 12.1 Å². The van der Waals surface area contributed by atoms with Gasteiger partial charge < -0.3 is 24.2 Å². The first-order valence-electron chi connectivity index (χ1n) is 9.60. The van der Waals surface area contributed by atoms with Gasteiger partial charge in [-0.05, 0) is 31.4 Å². The number of ether oxygens (including phenoxy) is 3. The number of rotatable bonds is 3. The van der Waals surface area contributed by atoms with Gasteiger partial charge in [0.1, 0.15) is 18.0 Å². The average Bonchev–Trinajstić information content (AvgIpc) is 3.45. The largest absolute Gasteiger partial charge is 0.490 e. The molecule has 166 valence electrons. The normalized spacial score (nSPS) is 28.3. The predicted molar refractivity (Wildman–Crippen MR) is 95.8 cm³/mol. The summed E-state index contributed by atoms with van der Waals surface area (Å²) in [5.74, 6) is -1.87. The van der Waals surface area contributed by atoms with E-state index in [1.807, 2.05) is 17.0 Å². The Morgan fingerprint density at radius 1 is 1.37 bits per heavy atom. The zero-order valence-corrected chi connectivity index (χ0v) is 16.1. The minimum absolute atomic E-state index is 0.0250. The molecule has 4 heterocycles. The summed E-state index contributed by atoms with van der Waals surface area (Å²) in [6.07, 6.45) is 1.65. The van der Waals surface area contributed by atoms with E-state index in [9.17, 15) is 18.0 Å². The molecule has 1 amide bonds. The standard InChI is InChI=1S/C17H22N2O4.C2HF3O2/c20-16(15-4-2-8-21-15)19-7-5-17(12-19)9-14(11-22-17)23-13-3-1-6-18-10-13;3-2(4,5)1(6)7/h1,3,6,10,14-15H,2,4-5,7-9,11-12H2;(H,6,7)/t14?,15-,17?;/m1./s1. The number of carbonyl (C=O) groups excluding carboxylic acids is 1. The highest BCUT2D eigenvalue weighted by atomic mass is 19.4. The number of carboxylic acid groups (broad SMARTS) is 1. The molecule has 4 rings (SSSR count). The van der Waals surface area contributed by atoms with E-state index >= 15 is 0 Å². The van der Waals surface area contributed by atoms with Crippen LogP contribution in [0, 0.1) is 0 Å². The topological polar surface area (TPSA) is 98.2 Å². The van der Waals surface area contributed by atoms with E-state index in [-0.39, 0.29) is 23.7 Å². The summed E-state index contributed by atoms with van der Waals surface area (Å²) in [5, 5.41) is 7.12. The van der Waals surface area contributed by atoms with E-state index in [0.29, 0.717) is 19.8 Å². The number of carboxylic acids is 1. The Hall–Kier alpha value is -2.40. The highest BCUT2D eigenvalue weighted by molar-refractivity contribution is 5.81. The van der Waals surface area contributed by atoms with Crippen LogP contribution in [0.5, 0.6) is 5.75 Å². The fraction of sp³-hybridized carbons (Fsp3) is 0.632. The van der Waals surface area contributed by atoms with Crippen molar-refractivity contribution in [3.8, 4) is 5.75 Å². The molecule has 8 nitrogen and oxygen atoms in total. The van der Waals surface area contributed by atoms with Crippen LogP contribution < -0.4 is 4.74 Å². The van der Waals surface area contributed by atoms with Crippen LogP contribution in [0.25, 0.3) is 0 Å². The Labute approximate surface area is 170 Å². The quantitative estimate of drug-likeness (QED) is 0.781. The molecule has 2 unspecified atom stereocenters. The smallest absolute Gasteiger partial charge is 0.486 e. The first-order valence-corrected chi connectivity index (χ1v) is 9.60. The Kier molecular flexibility index (Phi) is 6.81. The highest BCUT2D eigenvalue weighted by Gasteiger charge is 2.48. The van der Waals surface area contributed by atoms with E-state index in [4.69, 9.17) is 24.1 Å². The second-order valence-electron chi connectivity index (χ2n) is 7.44. The lowest BCUT2D eigenvalue weighted by Crippen LogP contribution is -2.40. The third-order valence-corrected chi connectivity index (χ3v) is 5.19. The molecule has 1 aromatic rings. The van der Waals surface area contributed by atoms with Gasteiger partial charge in [0.05, 0.1) is 18.4 Å². The van der Waals surface area contributed by atoms with Crippen LogP contribution in [0.2, 0.25) is 0 Å². The van der Waals surface area contributed by atoms with E-state index < -0.39 is 12.1 Å². The Morgan fingerprint density at radius 3 is 2.73 bits per heavy atom. The number of nitrogens with zero attached hydrogens (tertiary/aromatic N) is 2. The summed E-state index contributed by atoms with van der Waals surface area (Å²) in [7, 11) is 0. The van der Waals surface area contributed by atoms with Crippen molar-refractivity contribution < 1.29 is 42.1 Å². The maximum atomic E-state index is 12.5. The monoisotopic (exact) mass is 432 g/mol. The molecule has 0 saturated carbocycles. The Morgan fingerprint density at radius 2 is 2.13 bits per heavy atom. The third kappa shape index (κ3) is 5.60. The second kappa shape index (κ2) is 9.17. The summed E-state index contributed by atoms with van der Waals surface area (Å²) in [5.41, 5.74) is -0.249. The van der Waals surface area contributed by atoms with E-state index in [2.05, 4.69) is 4.98 Å². The number of likely N-dealkylation sites (tertiary alicyclic amines) is 1. The molecular weight excluding hydrogens is 409 g/mol. The zero-order valence-electron chi connectivity index (χ0n) is 16.1. The predicted octanol–water partition coefficient (Wildman–Crippen LogP) is 2.03. The van der Waals surface area contributed by atoms with Crippen molar-refractivity contribution in [2.45, 2.75) is 49.7 Å². The van der Waals surface area contributed by atoms with Crippen molar-refractivity contribution in [1.82, 2.24) is 9.88 Å². The summed E-state index contributed by atoms with van der Waals surface area (Å²) >= 11 is 0. The maximum Gasteiger partial charge on any atom is 0.490 e. The molecule has 0 aromatic carbocycles. The minimum Gasteiger partial charge on any atom is -0.486 e. The van der Waals surface area contributed by atoms with Gasteiger partial charge in [0.15, 0.2) is 0 Å². The van der Waals surface area contributed by atoms with Gasteiger partial charge in [-0.25, -0.2) is 4.79 Å². The van der Waals surface area contributed by atoms with Gasteiger partial charge in [-0.3, -0.25) is 9.78 Å². The fourth-order valence-corrected chi connectivity index (χ4v) is 3.78. The number of hydrogen-bond donors (Lipinski definition) is 1. The van der Waals surface area contributed by atoms with Gasteiger partial charge in [-0.2, -0.15) is 13.2 Å². The van der Waals surface area contributed by atoms with Crippen molar-refractivity contribution in [3.05, 3.63) is 24.5 Å². The molecule has 0 radical (unpaired) electrons. The lowest BCUT2D eigenvalue weighted by atomic mass is 9.98. The van der Waals surface area contributed by atoms with Gasteiger partial charge in [0.2, 0.25) is 0 Å². The number of amides is 1. The van der Waals surface area contributed by atoms with Crippen molar-refractivity contribution in [2.75, 3.05) is 26.3 Å². The van der Waals surface area contributed by atoms with Crippen LogP contribution in [-0.4, -0.2) is 77.2 Å². The lowest BCUT2D eigenvalue weighted by molar-refractivity contribution is -0.192. The lowest BCUT2D eigenvalue weighted by Gasteiger charge is -2.24. The maximum absolute atomic E-state index is 12.5. The minimum atomic E-state index is -5.08. The Bertz CT molecular complexity index is 742.